The SMILES string of the molecule is CCc1ncnc(NCCc2ccc(Oc3ccc(C(F)(F)F)cc3)cc2)c1C. The molecule has 0 fully saturated rings. The van der Waals surface area contributed by atoms with Crippen molar-refractivity contribution in [2.75, 3.05) is 11.9 Å². The monoisotopic (exact) mass is 401 g/mol. The van der Waals surface area contributed by atoms with Crippen LogP contribution in [0.15, 0.2) is 54.9 Å². The topological polar surface area (TPSA) is 47.0 Å². The Morgan fingerprint density at radius 2 is 1.55 bits per heavy atom. The number of rotatable bonds is 7. The fourth-order valence-electron chi connectivity index (χ4n) is 2.92. The van der Waals surface area contributed by atoms with Crippen LogP contribution in [0, 0.1) is 6.92 Å². The van der Waals surface area contributed by atoms with Gasteiger partial charge in [-0.2, -0.15) is 13.2 Å². The van der Waals surface area contributed by atoms with Crippen molar-refractivity contribution in [3.63, 3.8) is 0 Å². The fraction of sp³-hybridized carbons (Fsp3) is 0.273. The summed E-state index contributed by atoms with van der Waals surface area (Å²) in [6, 6.07) is 12.1. The van der Waals surface area contributed by atoms with Crippen LogP contribution in [0.2, 0.25) is 0 Å². The molecular formula is C22H22F3N3O. The molecular weight excluding hydrogens is 379 g/mol. The molecule has 0 radical (unpaired) electrons. The number of ether oxygens (including phenoxy) is 1. The molecule has 0 spiro atoms. The molecule has 0 atom stereocenters. The lowest BCUT2D eigenvalue weighted by molar-refractivity contribution is -0.137. The van der Waals surface area contributed by atoms with Gasteiger partial charge in [0.25, 0.3) is 0 Å². The predicted molar refractivity (Wildman–Crippen MR) is 106 cm³/mol. The number of nitrogens with zero attached hydrogens (tertiary/aromatic N) is 2. The maximum atomic E-state index is 12.6. The van der Waals surface area contributed by atoms with E-state index in [0.29, 0.717) is 11.5 Å². The first-order valence-corrected chi connectivity index (χ1v) is 9.35. The van der Waals surface area contributed by atoms with E-state index in [1.165, 1.54) is 12.1 Å². The van der Waals surface area contributed by atoms with Gasteiger partial charge in [0.1, 0.15) is 23.6 Å². The number of nitrogens with one attached hydrogen (secondary N) is 1. The van der Waals surface area contributed by atoms with Crippen LogP contribution in [-0.4, -0.2) is 16.5 Å². The van der Waals surface area contributed by atoms with Crippen molar-refractivity contribution < 1.29 is 17.9 Å². The Kier molecular flexibility index (Phi) is 6.36. The van der Waals surface area contributed by atoms with E-state index in [-0.39, 0.29) is 0 Å². The molecule has 0 aliphatic carbocycles. The fourth-order valence-corrected chi connectivity index (χ4v) is 2.92. The molecule has 4 nitrogen and oxygen atoms in total. The van der Waals surface area contributed by atoms with Crippen molar-refractivity contribution in [1.29, 1.82) is 0 Å². The second-order valence-corrected chi connectivity index (χ2v) is 6.59. The van der Waals surface area contributed by atoms with E-state index >= 15 is 0 Å². The number of benzene rings is 2. The van der Waals surface area contributed by atoms with Crippen LogP contribution in [-0.2, 0) is 19.0 Å². The predicted octanol–water partition coefficient (Wildman–Crippen LogP) is 5.81. The lowest BCUT2D eigenvalue weighted by Gasteiger charge is -2.11. The number of anilines is 1. The summed E-state index contributed by atoms with van der Waals surface area (Å²) in [5.74, 6) is 1.78. The van der Waals surface area contributed by atoms with Crippen LogP contribution in [0.25, 0.3) is 0 Å². The van der Waals surface area contributed by atoms with Crippen molar-refractivity contribution in [1.82, 2.24) is 9.97 Å². The van der Waals surface area contributed by atoms with E-state index in [0.717, 1.165) is 54.2 Å². The summed E-state index contributed by atoms with van der Waals surface area (Å²) in [6.07, 6.45) is -1.12. The van der Waals surface area contributed by atoms with Crippen LogP contribution >= 0.6 is 0 Å². The third-order valence-corrected chi connectivity index (χ3v) is 4.57. The van der Waals surface area contributed by atoms with Crippen LogP contribution in [0.3, 0.4) is 0 Å². The largest absolute Gasteiger partial charge is 0.457 e. The van der Waals surface area contributed by atoms with E-state index < -0.39 is 11.7 Å². The average Bonchev–Trinajstić information content (AvgIpc) is 2.70. The van der Waals surface area contributed by atoms with Gasteiger partial charge in [-0.15, -0.1) is 0 Å². The minimum atomic E-state index is -4.35. The minimum absolute atomic E-state index is 0.360. The quantitative estimate of drug-likeness (QED) is 0.542. The standard InChI is InChI=1S/C22H22F3N3O/c1-3-20-15(2)21(28-14-27-20)26-13-12-16-4-8-18(9-5-16)29-19-10-6-17(7-11-19)22(23,24)25/h4-11,14H,3,12-13H2,1-2H3,(H,26,27,28). The summed E-state index contributed by atoms with van der Waals surface area (Å²) in [4.78, 5) is 8.55. The maximum Gasteiger partial charge on any atom is 0.416 e. The minimum Gasteiger partial charge on any atom is -0.457 e. The highest BCUT2D eigenvalue weighted by atomic mass is 19.4. The Morgan fingerprint density at radius 3 is 2.14 bits per heavy atom. The van der Waals surface area contributed by atoms with Crippen molar-refractivity contribution >= 4 is 5.82 Å². The normalized spacial score (nSPS) is 11.3. The van der Waals surface area contributed by atoms with Crippen molar-refractivity contribution in [2.45, 2.75) is 32.9 Å². The van der Waals surface area contributed by atoms with Gasteiger partial charge in [0, 0.05) is 17.8 Å². The summed E-state index contributed by atoms with van der Waals surface area (Å²) in [6.45, 7) is 4.79. The van der Waals surface area contributed by atoms with Gasteiger partial charge in [-0.1, -0.05) is 19.1 Å². The number of alkyl halides is 3. The summed E-state index contributed by atoms with van der Waals surface area (Å²) < 4.78 is 43.4. The molecule has 3 aromatic rings. The lowest BCUT2D eigenvalue weighted by atomic mass is 10.1. The third kappa shape index (κ3) is 5.47. The third-order valence-electron chi connectivity index (χ3n) is 4.57. The van der Waals surface area contributed by atoms with Crippen molar-refractivity contribution in [3.8, 4) is 11.5 Å². The first kappa shape index (κ1) is 20.6. The van der Waals surface area contributed by atoms with Crippen molar-refractivity contribution in [3.05, 3.63) is 77.2 Å². The second kappa shape index (κ2) is 8.94. The van der Waals surface area contributed by atoms with Gasteiger partial charge in [-0.3, -0.25) is 0 Å². The molecule has 0 aliphatic rings. The average molecular weight is 401 g/mol. The molecule has 2 aromatic carbocycles. The highest BCUT2D eigenvalue weighted by Crippen LogP contribution is 2.31. The highest BCUT2D eigenvalue weighted by Gasteiger charge is 2.30. The zero-order valence-electron chi connectivity index (χ0n) is 16.3. The van der Waals surface area contributed by atoms with Crippen LogP contribution < -0.4 is 10.1 Å². The zero-order chi connectivity index (χ0) is 20.9. The molecule has 7 heteroatoms. The summed E-state index contributed by atoms with van der Waals surface area (Å²) in [5.41, 5.74) is 2.51. The Labute approximate surface area is 167 Å². The molecule has 1 heterocycles. The van der Waals surface area contributed by atoms with Gasteiger partial charge in [0.15, 0.2) is 0 Å². The van der Waals surface area contributed by atoms with E-state index in [1.54, 1.807) is 18.5 Å². The Hall–Kier alpha value is -3.09. The first-order valence-electron chi connectivity index (χ1n) is 9.35. The molecule has 0 amide bonds. The molecule has 29 heavy (non-hydrogen) atoms. The van der Waals surface area contributed by atoms with Gasteiger partial charge < -0.3 is 10.1 Å². The molecule has 0 saturated carbocycles. The molecule has 152 valence electrons. The first-order chi connectivity index (χ1) is 13.9. The Bertz CT molecular complexity index is 939. The number of halogens is 3. The lowest BCUT2D eigenvalue weighted by Crippen LogP contribution is -2.09. The summed E-state index contributed by atoms with van der Waals surface area (Å²) in [7, 11) is 0. The van der Waals surface area contributed by atoms with Gasteiger partial charge in [0.05, 0.1) is 5.56 Å². The zero-order valence-corrected chi connectivity index (χ0v) is 16.3. The number of aryl methyl sites for hydroxylation is 1. The van der Waals surface area contributed by atoms with Crippen LogP contribution in [0.5, 0.6) is 11.5 Å². The number of hydrogen-bond acceptors (Lipinski definition) is 4. The highest BCUT2D eigenvalue weighted by molar-refractivity contribution is 5.45. The van der Waals surface area contributed by atoms with E-state index in [4.69, 9.17) is 4.74 Å². The Balaban J connectivity index is 1.54. The molecule has 0 saturated heterocycles. The van der Waals surface area contributed by atoms with Gasteiger partial charge in [0.2, 0.25) is 0 Å². The Morgan fingerprint density at radius 1 is 0.931 bits per heavy atom. The summed E-state index contributed by atoms with van der Waals surface area (Å²) in [5, 5.41) is 3.33. The van der Waals surface area contributed by atoms with Gasteiger partial charge >= 0.3 is 6.18 Å². The van der Waals surface area contributed by atoms with Gasteiger partial charge in [-0.25, -0.2) is 9.97 Å². The molecule has 1 aromatic heterocycles. The smallest absolute Gasteiger partial charge is 0.416 e. The summed E-state index contributed by atoms with van der Waals surface area (Å²) >= 11 is 0. The maximum absolute atomic E-state index is 12.6. The van der Waals surface area contributed by atoms with Crippen LogP contribution in [0.1, 0.15) is 29.3 Å². The van der Waals surface area contributed by atoms with E-state index in [2.05, 4.69) is 22.2 Å². The van der Waals surface area contributed by atoms with Gasteiger partial charge in [-0.05, 0) is 61.7 Å². The molecule has 3 rings (SSSR count). The molecule has 0 unspecified atom stereocenters. The number of aromatic nitrogens is 2. The van der Waals surface area contributed by atoms with E-state index in [9.17, 15) is 13.2 Å². The van der Waals surface area contributed by atoms with Crippen LogP contribution in [0.4, 0.5) is 19.0 Å². The molecule has 0 bridgehead atoms. The van der Waals surface area contributed by atoms with E-state index in [1.807, 2.05) is 19.1 Å². The number of hydrogen-bond donors (Lipinski definition) is 1. The second-order valence-electron chi connectivity index (χ2n) is 6.59. The van der Waals surface area contributed by atoms with Crippen molar-refractivity contribution in [2.24, 2.45) is 0 Å². The molecule has 1 N–H and O–H groups in total. The molecule has 0 aliphatic heterocycles.